The standard InChI is InChI=1S/C12H12N2S2/c1-2-7-14-12(5-1)10-16-15-9-11-4-3-6-13-8-11/h1-8H,9-10H2. The molecule has 0 aliphatic rings. The molecule has 0 radical (unpaired) electrons. The summed E-state index contributed by atoms with van der Waals surface area (Å²) in [5.41, 5.74) is 2.40. The zero-order chi connectivity index (χ0) is 11.1. The molecule has 2 aromatic heterocycles. The molecule has 2 rings (SSSR count). The highest BCUT2D eigenvalue weighted by Gasteiger charge is 1.96. The maximum Gasteiger partial charge on any atom is 0.0511 e. The van der Waals surface area contributed by atoms with Crippen molar-refractivity contribution in [1.82, 2.24) is 9.97 Å². The SMILES string of the molecule is c1ccc(CSSCc2cccnc2)nc1. The third-order valence-electron chi connectivity index (χ3n) is 1.96. The Morgan fingerprint density at radius 2 is 1.88 bits per heavy atom. The Hall–Kier alpha value is -1.00. The molecule has 82 valence electrons. The van der Waals surface area contributed by atoms with E-state index in [4.69, 9.17) is 0 Å². The van der Waals surface area contributed by atoms with Gasteiger partial charge in [-0.05, 0) is 23.8 Å². The fourth-order valence-corrected chi connectivity index (χ4v) is 3.21. The van der Waals surface area contributed by atoms with Crippen LogP contribution in [0.25, 0.3) is 0 Å². The van der Waals surface area contributed by atoms with Gasteiger partial charge in [0.1, 0.15) is 0 Å². The number of rotatable bonds is 5. The van der Waals surface area contributed by atoms with Gasteiger partial charge < -0.3 is 0 Å². The summed E-state index contributed by atoms with van der Waals surface area (Å²) in [5, 5.41) is 0. The summed E-state index contributed by atoms with van der Waals surface area (Å²) in [4.78, 5) is 8.36. The second-order valence-electron chi connectivity index (χ2n) is 3.21. The van der Waals surface area contributed by atoms with Crippen LogP contribution in [0.15, 0.2) is 48.9 Å². The van der Waals surface area contributed by atoms with Crippen LogP contribution in [0.1, 0.15) is 11.3 Å². The van der Waals surface area contributed by atoms with Crippen molar-refractivity contribution in [3.05, 3.63) is 60.2 Å². The summed E-state index contributed by atoms with van der Waals surface area (Å²) < 4.78 is 0. The molecule has 2 aromatic rings. The lowest BCUT2D eigenvalue weighted by Crippen LogP contribution is -1.83. The van der Waals surface area contributed by atoms with Crippen LogP contribution >= 0.6 is 21.6 Å². The Bertz CT molecular complexity index is 364. The lowest BCUT2D eigenvalue weighted by Gasteiger charge is -2.00. The molecule has 2 nitrogen and oxygen atoms in total. The molecule has 0 spiro atoms. The molecule has 0 N–H and O–H groups in total. The minimum atomic E-state index is 0.950. The van der Waals surface area contributed by atoms with E-state index in [-0.39, 0.29) is 0 Å². The van der Waals surface area contributed by atoms with Crippen molar-refractivity contribution in [3.8, 4) is 0 Å². The van der Waals surface area contributed by atoms with Gasteiger partial charge in [-0.2, -0.15) is 0 Å². The van der Waals surface area contributed by atoms with Crippen LogP contribution in [0, 0.1) is 0 Å². The van der Waals surface area contributed by atoms with Crippen molar-refractivity contribution in [2.45, 2.75) is 11.5 Å². The van der Waals surface area contributed by atoms with Gasteiger partial charge in [0.05, 0.1) is 5.69 Å². The molecule has 0 aromatic carbocycles. The average Bonchev–Trinajstić information content (AvgIpc) is 2.37. The molecule has 0 saturated heterocycles. The summed E-state index contributed by atoms with van der Waals surface area (Å²) in [6, 6.07) is 10.1. The van der Waals surface area contributed by atoms with Crippen LogP contribution in [0.5, 0.6) is 0 Å². The quantitative estimate of drug-likeness (QED) is 0.597. The molecule has 0 atom stereocenters. The maximum absolute atomic E-state index is 4.28. The predicted molar refractivity (Wildman–Crippen MR) is 71.1 cm³/mol. The summed E-state index contributed by atoms with van der Waals surface area (Å²) in [7, 11) is 3.67. The first-order chi connectivity index (χ1) is 7.95. The highest BCUT2D eigenvalue weighted by Crippen LogP contribution is 2.28. The van der Waals surface area contributed by atoms with Crippen molar-refractivity contribution in [2.75, 3.05) is 0 Å². The Morgan fingerprint density at radius 1 is 0.938 bits per heavy atom. The van der Waals surface area contributed by atoms with Gasteiger partial charge >= 0.3 is 0 Å². The number of aromatic nitrogens is 2. The van der Waals surface area contributed by atoms with E-state index in [0.717, 1.165) is 17.2 Å². The van der Waals surface area contributed by atoms with Crippen LogP contribution in [-0.4, -0.2) is 9.97 Å². The normalized spacial score (nSPS) is 10.2. The van der Waals surface area contributed by atoms with Crippen LogP contribution in [0.3, 0.4) is 0 Å². The molecule has 0 aliphatic carbocycles. The summed E-state index contributed by atoms with van der Waals surface area (Å²) >= 11 is 0. The van der Waals surface area contributed by atoms with E-state index in [1.54, 1.807) is 6.20 Å². The predicted octanol–water partition coefficient (Wildman–Crippen LogP) is 3.56. The first-order valence-electron chi connectivity index (χ1n) is 4.98. The minimum Gasteiger partial charge on any atom is -0.264 e. The second-order valence-corrected chi connectivity index (χ2v) is 5.67. The summed E-state index contributed by atoms with van der Waals surface area (Å²) in [5.74, 6) is 1.94. The first kappa shape index (κ1) is 11.5. The molecule has 0 bridgehead atoms. The van der Waals surface area contributed by atoms with Crippen molar-refractivity contribution in [3.63, 3.8) is 0 Å². The van der Waals surface area contributed by atoms with E-state index in [1.807, 2.05) is 52.2 Å². The fraction of sp³-hybridized carbons (Fsp3) is 0.167. The zero-order valence-electron chi connectivity index (χ0n) is 8.74. The van der Waals surface area contributed by atoms with Gasteiger partial charge in [0.25, 0.3) is 0 Å². The van der Waals surface area contributed by atoms with E-state index in [1.165, 1.54) is 5.56 Å². The van der Waals surface area contributed by atoms with Crippen molar-refractivity contribution in [1.29, 1.82) is 0 Å². The number of pyridine rings is 2. The summed E-state index contributed by atoms with van der Waals surface area (Å²) in [6.07, 6.45) is 5.55. The monoisotopic (exact) mass is 248 g/mol. The first-order valence-corrected chi connectivity index (χ1v) is 7.47. The molecule has 0 fully saturated rings. The van der Waals surface area contributed by atoms with Crippen LogP contribution < -0.4 is 0 Å². The van der Waals surface area contributed by atoms with Gasteiger partial charge in [0.2, 0.25) is 0 Å². The highest BCUT2D eigenvalue weighted by molar-refractivity contribution is 8.76. The third kappa shape index (κ3) is 3.87. The van der Waals surface area contributed by atoms with Gasteiger partial charge in [0.15, 0.2) is 0 Å². The Kier molecular flexibility index (Phi) is 4.70. The molecule has 0 saturated carbocycles. The molecule has 2 heterocycles. The third-order valence-corrected chi connectivity index (χ3v) is 4.20. The zero-order valence-corrected chi connectivity index (χ0v) is 10.4. The van der Waals surface area contributed by atoms with Gasteiger partial charge in [0, 0.05) is 30.1 Å². The van der Waals surface area contributed by atoms with E-state index < -0.39 is 0 Å². The Balaban J connectivity index is 1.70. The number of hydrogen-bond donors (Lipinski definition) is 0. The molecule has 4 heteroatoms. The van der Waals surface area contributed by atoms with Crippen LogP contribution in [-0.2, 0) is 11.5 Å². The smallest absolute Gasteiger partial charge is 0.0511 e. The Labute approximate surface area is 103 Å². The van der Waals surface area contributed by atoms with E-state index >= 15 is 0 Å². The van der Waals surface area contributed by atoms with Gasteiger partial charge in [-0.25, -0.2) is 0 Å². The Morgan fingerprint density at radius 3 is 2.62 bits per heavy atom. The largest absolute Gasteiger partial charge is 0.264 e. The molecular weight excluding hydrogens is 236 g/mol. The van der Waals surface area contributed by atoms with E-state index in [2.05, 4.69) is 22.1 Å². The second kappa shape index (κ2) is 6.55. The van der Waals surface area contributed by atoms with Crippen molar-refractivity contribution in [2.24, 2.45) is 0 Å². The number of nitrogens with zero attached hydrogens (tertiary/aromatic N) is 2. The minimum absolute atomic E-state index is 0.950. The average molecular weight is 248 g/mol. The lowest BCUT2D eigenvalue weighted by molar-refractivity contribution is 1.18. The van der Waals surface area contributed by atoms with Gasteiger partial charge in [-0.3, -0.25) is 9.97 Å². The van der Waals surface area contributed by atoms with Gasteiger partial charge in [-0.1, -0.05) is 33.7 Å². The molecular formula is C12H12N2S2. The topological polar surface area (TPSA) is 25.8 Å². The maximum atomic E-state index is 4.28. The van der Waals surface area contributed by atoms with Crippen molar-refractivity contribution >= 4 is 21.6 Å². The molecule has 16 heavy (non-hydrogen) atoms. The lowest BCUT2D eigenvalue weighted by atomic mass is 10.3. The molecule has 0 amide bonds. The van der Waals surface area contributed by atoms with E-state index in [9.17, 15) is 0 Å². The fourth-order valence-electron chi connectivity index (χ4n) is 1.18. The molecule has 0 unspecified atom stereocenters. The van der Waals surface area contributed by atoms with Crippen LogP contribution in [0.2, 0.25) is 0 Å². The van der Waals surface area contributed by atoms with E-state index in [0.29, 0.717) is 0 Å². The van der Waals surface area contributed by atoms with Crippen molar-refractivity contribution < 1.29 is 0 Å². The van der Waals surface area contributed by atoms with Gasteiger partial charge in [-0.15, -0.1) is 0 Å². The molecule has 0 aliphatic heterocycles. The highest BCUT2D eigenvalue weighted by atomic mass is 33.1. The van der Waals surface area contributed by atoms with Crippen LogP contribution in [0.4, 0.5) is 0 Å². The summed E-state index contributed by atoms with van der Waals surface area (Å²) in [6.45, 7) is 0. The number of hydrogen-bond acceptors (Lipinski definition) is 4.